The maximum Gasteiger partial charge on any atom is 0.239 e. The summed E-state index contributed by atoms with van der Waals surface area (Å²) in [5.41, 5.74) is 0.704. The van der Waals surface area contributed by atoms with E-state index in [0.717, 1.165) is 18.8 Å². The van der Waals surface area contributed by atoms with Crippen molar-refractivity contribution in [2.45, 2.75) is 20.3 Å². The van der Waals surface area contributed by atoms with Crippen LogP contribution >= 0.6 is 0 Å². The second-order valence-electron chi connectivity index (χ2n) is 4.37. The SMILES string of the molecule is CCCNC(=O)CNc1nc(NCC)cn2ccnc12. The van der Waals surface area contributed by atoms with Crippen LogP contribution in [0.15, 0.2) is 18.6 Å². The molecule has 0 saturated carbocycles. The molecule has 2 heterocycles. The summed E-state index contributed by atoms with van der Waals surface area (Å²) < 4.78 is 1.87. The van der Waals surface area contributed by atoms with E-state index in [1.165, 1.54) is 0 Å². The molecule has 0 unspecified atom stereocenters. The summed E-state index contributed by atoms with van der Waals surface area (Å²) in [4.78, 5) is 20.3. The molecule has 0 radical (unpaired) electrons. The highest BCUT2D eigenvalue weighted by Gasteiger charge is 2.08. The summed E-state index contributed by atoms with van der Waals surface area (Å²) in [6.45, 7) is 5.67. The molecule has 20 heavy (non-hydrogen) atoms. The van der Waals surface area contributed by atoms with Crippen LogP contribution in [-0.2, 0) is 4.79 Å². The fourth-order valence-corrected chi connectivity index (χ4v) is 1.81. The molecule has 0 aromatic carbocycles. The van der Waals surface area contributed by atoms with Gasteiger partial charge in [-0.25, -0.2) is 9.97 Å². The first kappa shape index (κ1) is 14.1. The summed E-state index contributed by atoms with van der Waals surface area (Å²) >= 11 is 0. The van der Waals surface area contributed by atoms with Crippen molar-refractivity contribution in [3.05, 3.63) is 18.6 Å². The number of rotatable bonds is 7. The van der Waals surface area contributed by atoms with Gasteiger partial charge in [-0.1, -0.05) is 6.92 Å². The lowest BCUT2D eigenvalue weighted by molar-refractivity contribution is -0.119. The van der Waals surface area contributed by atoms with E-state index in [2.05, 4.69) is 25.9 Å². The molecule has 0 atom stereocenters. The van der Waals surface area contributed by atoms with Crippen LogP contribution in [0.5, 0.6) is 0 Å². The molecule has 0 aliphatic carbocycles. The summed E-state index contributed by atoms with van der Waals surface area (Å²) in [5.74, 6) is 1.29. The van der Waals surface area contributed by atoms with E-state index in [0.29, 0.717) is 18.0 Å². The van der Waals surface area contributed by atoms with Crippen LogP contribution in [0.3, 0.4) is 0 Å². The molecule has 0 fully saturated rings. The van der Waals surface area contributed by atoms with Crippen LogP contribution in [0.2, 0.25) is 0 Å². The zero-order chi connectivity index (χ0) is 14.4. The Bertz CT molecular complexity index is 579. The Morgan fingerprint density at radius 2 is 2.20 bits per heavy atom. The van der Waals surface area contributed by atoms with Crippen LogP contribution < -0.4 is 16.0 Å². The van der Waals surface area contributed by atoms with Crippen molar-refractivity contribution in [2.24, 2.45) is 0 Å². The normalized spacial score (nSPS) is 10.5. The Balaban J connectivity index is 2.11. The number of hydrogen-bond donors (Lipinski definition) is 3. The lowest BCUT2D eigenvalue weighted by Gasteiger charge is -2.10. The van der Waals surface area contributed by atoms with Gasteiger partial charge in [0, 0.05) is 25.5 Å². The second-order valence-corrected chi connectivity index (χ2v) is 4.37. The molecule has 0 saturated heterocycles. The number of nitrogens with one attached hydrogen (secondary N) is 3. The molecular formula is C13H20N6O. The lowest BCUT2D eigenvalue weighted by Crippen LogP contribution is -2.30. The molecule has 1 amide bonds. The number of anilines is 2. The maximum atomic E-state index is 11.6. The lowest BCUT2D eigenvalue weighted by atomic mass is 10.4. The molecule has 108 valence electrons. The van der Waals surface area contributed by atoms with Gasteiger partial charge >= 0.3 is 0 Å². The predicted molar refractivity (Wildman–Crippen MR) is 78.9 cm³/mol. The Labute approximate surface area is 117 Å². The minimum Gasteiger partial charge on any atom is -0.369 e. The van der Waals surface area contributed by atoms with E-state index < -0.39 is 0 Å². The number of hydrogen-bond acceptors (Lipinski definition) is 5. The van der Waals surface area contributed by atoms with Gasteiger partial charge in [0.2, 0.25) is 5.91 Å². The predicted octanol–water partition coefficient (Wildman–Crippen LogP) is 1.10. The van der Waals surface area contributed by atoms with Gasteiger partial charge in [-0.2, -0.15) is 0 Å². The smallest absolute Gasteiger partial charge is 0.239 e. The van der Waals surface area contributed by atoms with Gasteiger partial charge in [0.25, 0.3) is 0 Å². The summed E-state index contributed by atoms with van der Waals surface area (Å²) in [5, 5.41) is 9.00. The largest absolute Gasteiger partial charge is 0.369 e. The first-order chi connectivity index (χ1) is 9.74. The Morgan fingerprint density at radius 3 is 2.95 bits per heavy atom. The molecule has 0 aliphatic rings. The molecule has 0 bridgehead atoms. The standard InChI is InChI=1S/C13H20N6O/c1-3-5-15-11(20)8-17-12-13-16-6-7-19(13)9-10(18-12)14-4-2/h6-7,9,14H,3-5,8H2,1-2H3,(H,15,20)(H,17,18). The van der Waals surface area contributed by atoms with E-state index in [1.54, 1.807) is 6.20 Å². The highest BCUT2D eigenvalue weighted by atomic mass is 16.1. The number of fused-ring (bicyclic) bond motifs is 1. The Kier molecular flexibility index (Phi) is 4.75. The molecule has 7 heteroatoms. The highest BCUT2D eigenvalue weighted by Crippen LogP contribution is 2.15. The van der Waals surface area contributed by atoms with Crippen molar-refractivity contribution < 1.29 is 4.79 Å². The molecular weight excluding hydrogens is 256 g/mol. The summed E-state index contributed by atoms with van der Waals surface area (Å²) in [7, 11) is 0. The number of imidazole rings is 1. The van der Waals surface area contributed by atoms with Crippen molar-refractivity contribution in [3.8, 4) is 0 Å². The van der Waals surface area contributed by atoms with Crippen molar-refractivity contribution in [1.29, 1.82) is 0 Å². The van der Waals surface area contributed by atoms with E-state index in [1.807, 2.05) is 30.6 Å². The number of aromatic nitrogens is 3. The summed E-state index contributed by atoms with van der Waals surface area (Å²) in [6, 6.07) is 0. The highest BCUT2D eigenvalue weighted by molar-refractivity contribution is 5.81. The third kappa shape index (κ3) is 3.37. The Morgan fingerprint density at radius 1 is 1.35 bits per heavy atom. The zero-order valence-corrected chi connectivity index (χ0v) is 11.8. The van der Waals surface area contributed by atoms with Gasteiger partial charge < -0.3 is 20.4 Å². The van der Waals surface area contributed by atoms with Crippen LogP contribution in [0.4, 0.5) is 11.6 Å². The average molecular weight is 276 g/mol. The molecule has 7 nitrogen and oxygen atoms in total. The molecule has 2 aromatic heterocycles. The molecule has 0 aliphatic heterocycles. The zero-order valence-electron chi connectivity index (χ0n) is 11.8. The third-order valence-electron chi connectivity index (χ3n) is 2.72. The van der Waals surface area contributed by atoms with Crippen LogP contribution in [-0.4, -0.2) is 39.9 Å². The van der Waals surface area contributed by atoms with Gasteiger partial charge in [-0.3, -0.25) is 4.79 Å². The quantitative estimate of drug-likeness (QED) is 0.705. The van der Waals surface area contributed by atoms with Gasteiger partial charge in [0.15, 0.2) is 11.5 Å². The minimum absolute atomic E-state index is 0.0489. The van der Waals surface area contributed by atoms with Crippen molar-refractivity contribution >= 4 is 23.2 Å². The topological polar surface area (TPSA) is 83.3 Å². The van der Waals surface area contributed by atoms with Gasteiger partial charge in [-0.05, 0) is 13.3 Å². The van der Waals surface area contributed by atoms with Gasteiger partial charge in [0.05, 0.1) is 12.7 Å². The fraction of sp³-hybridized carbons (Fsp3) is 0.462. The van der Waals surface area contributed by atoms with E-state index in [-0.39, 0.29) is 12.5 Å². The van der Waals surface area contributed by atoms with Crippen molar-refractivity contribution in [2.75, 3.05) is 30.3 Å². The first-order valence-corrected chi connectivity index (χ1v) is 6.82. The van der Waals surface area contributed by atoms with Crippen molar-refractivity contribution in [3.63, 3.8) is 0 Å². The molecule has 0 spiro atoms. The number of nitrogens with zero attached hydrogens (tertiary/aromatic N) is 3. The van der Waals surface area contributed by atoms with Crippen LogP contribution in [0, 0.1) is 0 Å². The molecule has 2 aromatic rings. The van der Waals surface area contributed by atoms with E-state index in [4.69, 9.17) is 0 Å². The molecule has 2 rings (SSSR count). The fourth-order valence-electron chi connectivity index (χ4n) is 1.81. The van der Waals surface area contributed by atoms with Crippen molar-refractivity contribution in [1.82, 2.24) is 19.7 Å². The second kappa shape index (κ2) is 6.74. The minimum atomic E-state index is -0.0489. The number of carbonyl (C=O) groups is 1. The van der Waals surface area contributed by atoms with E-state index in [9.17, 15) is 4.79 Å². The number of carbonyl (C=O) groups excluding carboxylic acids is 1. The molecule has 3 N–H and O–H groups in total. The van der Waals surface area contributed by atoms with Gasteiger partial charge in [0.1, 0.15) is 5.82 Å². The maximum absolute atomic E-state index is 11.6. The third-order valence-corrected chi connectivity index (χ3v) is 2.72. The van der Waals surface area contributed by atoms with Crippen LogP contribution in [0.25, 0.3) is 5.65 Å². The summed E-state index contributed by atoms with van der Waals surface area (Å²) in [6.07, 6.45) is 6.34. The monoisotopic (exact) mass is 276 g/mol. The average Bonchev–Trinajstić information content (AvgIpc) is 2.91. The first-order valence-electron chi connectivity index (χ1n) is 6.82. The van der Waals surface area contributed by atoms with Gasteiger partial charge in [-0.15, -0.1) is 0 Å². The van der Waals surface area contributed by atoms with E-state index >= 15 is 0 Å². The number of amides is 1. The Hall–Kier alpha value is -2.31. The van der Waals surface area contributed by atoms with Crippen LogP contribution in [0.1, 0.15) is 20.3 Å².